The van der Waals surface area contributed by atoms with Crippen LogP contribution in [0.15, 0.2) is 78.9 Å². The quantitative estimate of drug-likeness (QED) is 0.408. The van der Waals surface area contributed by atoms with E-state index in [4.69, 9.17) is 21.7 Å². The molecule has 0 aliphatic carbocycles. The molecule has 0 spiro atoms. The number of ether oxygens (including phenoxy) is 2. The van der Waals surface area contributed by atoms with E-state index in [-0.39, 0.29) is 31.9 Å². The van der Waals surface area contributed by atoms with Crippen molar-refractivity contribution in [3.63, 3.8) is 0 Å². The summed E-state index contributed by atoms with van der Waals surface area (Å²) in [6.07, 6.45) is -1.43. The fourth-order valence-electron chi connectivity index (χ4n) is 3.75. The van der Waals surface area contributed by atoms with Crippen LogP contribution in [0.5, 0.6) is 0 Å². The number of anilines is 1. The summed E-state index contributed by atoms with van der Waals surface area (Å²) in [6.45, 7) is -0.132. The van der Waals surface area contributed by atoms with Crippen LogP contribution in [0, 0.1) is 5.82 Å². The second kappa shape index (κ2) is 12.1. The summed E-state index contributed by atoms with van der Waals surface area (Å²) in [7, 11) is 0. The van der Waals surface area contributed by atoms with Crippen LogP contribution in [0.25, 0.3) is 0 Å². The van der Waals surface area contributed by atoms with Crippen molar-refractivity contribution in [1.29, 1.82) is 0 Å². The predicted octanol–water partition coefficient (Wildman–Crippen LogP) is 4.93. The van der Waals surface area contributed by atoms with Crippen LogP contribution in [0.3, 0.4) is 0 Å². The summed E-state index contributed by atoms with van der Waals surface area (Å²) in [4.78, 5) is 39.6. The number of nitrogens with one attached hydrogen (secondary N) is 2. The van der Waals surface area contributed by atoms with Crippen molar-refractivity contribution in [3.8, 4) is 0 Å². The Morgan fingerprint density at radius 1 is 0.973 bits per heavy atom. The molecular formula is C27H24FN3O5S. The molecular weight excluding hydrogens is 497 g/mol. The van der Waals surface area contributed by atoms with Gasteiger partial charge in [-0.15, -0.1) is 0 Å². The first-order valence-corrected chi connectivity index (χ1v) is 11.9. The number of amides is 3. The standard InChI is InChI=1S/C27H24FN3O5S/c28-21-12-11-20(22(13-21)29-26(33)35-16-18-7-3-1-4-8-18)15-31(23-14-24(37)30-25(23)32)27(34)36-17-19-9-5-2-6-10-19/h1-13,23H,14-17H2,(H,29,33)(H,30,32,37). The Labute approximate surface area is 218 Å². The van der Waals surface area contributed by atoms with Gasteiger partial charge < -0.3 is 14.8 Å². The number of hydrogen-bond acceptors (Lipinski definition) is 6. The monoisotopic (exact) mass is 521 g/mol. The van der Waals surface area contributed by atoms with Gasteiger partial charge in [0, 0.05) is 6.42 Å². The summed E-state index contributed by atoms with van der Waals surface area (Å²) in [6, 6.07) is 21.0. The SMILES string of the molecule is O=C(Nc1cc(F)ccc1CN(C(=O)OCc1ccccc1)C1CC(=S)NC1=O)OCc1ccccc1. The van der Waals surface area contributed by atoms with Gasteiger partial charge in [-0.3, -0.25) is 15.0 Å². The average molecular weight is 522 g/mol. The Morgan fingerprint density at radius 2 is 1.59 bits per heavy atom. The molecule has 1 atom stereocenters. The lowest BCUT2D eigenvalue weighted by atomic mass is 10.1. The predicted molar refractivity (Wildman–Crippen MR) is 138 cm³/mol. The molecule has 0 saturated carbocycles. The van der Waals surface area contributed by atoms with Gasteiger partial charge >= 0.3 is 12.2 Å². The van der Waals surface area contributed by atoms with E-state index in [0.29, 0.717) is 10.6 Å². The first-order valence-electron chi connectivity index (χ1n) is 11.5. The Hall–Kier alpha value is -4.31. The molecule has 10 heteroatoms. The molecule has 1 aliphatic rings. The molecule has 0 radical (unpaired) electrons. The fraction of sp³-hybridized carbons (Fsp3) is 0.185. The van der Waals surface area contributed by atoms with E-state index < -0.39 is 30.0 Å². The normalized spacial score (nSPS) is 14.6. The largest absolute Gasteiger partial charge is 0.445 e. The van der Waals surface area contributed by atoms with Gasteiger partial charge in [-0.1, -0.05) is 78.9 Å². The van der Waals surface area contributed by atoms with Gasteiger partial charge in [-0.25, -0.2) is 14.0 Å². The van der Waals surface area contributed by atoms with Crippen LogP contribution in [0.4, 0.5) is 19.7 Å². The Bertz CT molecular complexity index is 1290. The minimum absolute atomic E-state index is 0.00467. The molecule has 8 nitrogen and oxygen atoms in total. The number of thiocarbonyl (C=S) groups is 1. The molecule has 1 saturated heterocycles. The molecule has 1 heterocycles. The van der Waals surface area contributed by atoms with Crippen molar-refractivity contribution in [2.75, 3.05) is 5.32 Å². The lowest BCUT2D eigenvalue weighted by molar-refractivity contribution is -0.123. The number of carbonyl (C=O) groups is 3. The van der Waals surface area contributed by atoms with Crippen LogP contribution < -0.4 is 10.6 Å². The summed E-state index contributed by atoms with van der Waals surface area (Å²) < 4.78 is 24.8. The van der Waals surface area contributed by atoms with Crippen LogP contribution in [0.2, 0.25) is 0 Å². The second-order valence-corrected chi connectivity index (χ2v) is 8.78. The Morgan fingerprint density at radius 3 is 2.19 bits per heavy atom. The highest BCUT2D eigenvalue weighted by Crippen LogP contribution is 2.24. The van der Waals surface area contributed by atoms with Gasteiger partial charge in [-0.05, 0) is 28.8 Å². The molecule has 37 heavy (non-hydrogen) atoms. The maximum Gasteiger partial charge on any atom is 0.411 e. The number of halogens is 1. The van der Waals surface area contributed by atoms with E-state index in [9.17, 15) is 18.8 Å². The number of carbonyl (C=O) groups excluding carboxylic acids is 3. The van der Waals surface area contributed by atoms with E-state index >= 15 is 0 Å². The third-order valence-corrected chi connectivity index (χ3v) is 5.89. The number of nitrogens with zero attached hydrogens (tertiary/aromatic N) is 1. The minimum atomic E-state index is -0.918. The van der Waals surface area contributed by atoms with Crippen LogP contribution >= 0.6 is 12.2 Å². The fourth-order valence-corrected chi connectivity index (χ4v) is 4.01. The summed E-state index contributed by atoms with van der Waals surface area (Å²) in [5.41, 5.74) is 2.03. The third kappa shape index (κ3) is 7.11. The summed E-state index contributed by atoms with van der Waals surface area (Å²) in [5, 5.41) is 5.07. The Balaban J connectivity index is 1.50. The lowest BCUT2D eigenvalue weighted by Gasteiger charge is -2.27. The van der Waals surface area contributed by atoms with Crippen molar-refractivity contribution in [1.82, 2.24) is 10.2 Å². The lowest BCUT2D eigenvalue weighted by Crippen LogP contribution is -2.44. The molecule has 0 bridgehead atoms. The molecule has 3 aromatic carbocycles. The molecule has 1 aliphatic heterocycles. The van der Waals surface area contributed by atoms with Crippen molar-refractivity contribution >= 4 is 41.0 Å². The van der Waals surface area contributed by atoms with Crippen LogP contribution in [-0.4, -0.2) is 34.0 Å². The van der Waals surface area contributed by atoms with Gasteiger partial charge in [0.25, 0.3) is 0 Å². The molecule has 3 amide bonds. The first kappa shape index (κ1) is 25.8. The minimum Gasteiger partial charge on any atom is -0.445 e. The van der Waals surface area contributed by atoms with Crippen molar-refractivity contribution < 1.29 is 28.2 Å². The summed E-state index contributed by atoms with van der Waals surface area (Å²) >= 11 is 5.12. The van der Waals surface area contributed by atoms with Gasteiger partial charge in [0.2, 0.25) is 5.91 Å². The molecule has 0 aromatic heterocycles. The van der Waals surface area contributed by atoms with E-state index in [1.165, 1.54) is 17.0 Å². The van der Waals surface area contributed by atoms with E-state index in [2.05, 4.69) is 10.6 Å². The van der Waals surface area contributed by atoms with Crippen molar-refractivity contribution in [2.45, 2.75) is 32.2 Å². The highest BCUT2D eigenvalue weighted by atomic mass is 32.1. The smallest absolute Gasteiger partial charge is 0.411 e. The number of benzene rings is 3. The van der Waals surface area contributed by atoms with E-state index in [1.54, 1.807) is 24.3 Å². The van der Waals surface area contributed by atoms with Gasteiger partial charge in [-0.2, -0.15) is 0 Å². The molecule has 1 fully saturated rings. The van der Waals surface area contributed by atoms with Gasteiger partial charge in [0.15, 0.2) is 0 Å². The van der Waals surface area contributed by atoms with E-state index in [1.807, 2.05) is 36.4 Å². The topological polar surface area (TPSA) is 97.0 Å². The molecule has 1 unspecified atom stereocenters. The first-order chi connectivity index (χ1) is 17.9. The van der Waals surface area contributed by atoms with Gasteiger partial charge in [0.05, 0.1) is 17.2 Å². The van der Waals surface area contributed by atoms with Gasteiger partial charge in [0.1, 0.15) is 25.1 Å². The van der Waals surface area contributed by atoms with E-state index in [0.717, 1.165) is 17.2 Å². The van der Waals surface area contributed by atoms with Crippen molar-refractivity contribution in [2.24, 2.45) is 0 Å². The maximum absolute atomic E-state index is 14.1. The second-order valence-electron chi connectivity index (χ2n) is 8.29. The zero-order valence-electron chi connectivity index (χ0n) is 19.7. The highest BCUT2D eigenvalue weighted by Gasteiger charge is 2.37. The zero-order chi connectivity index (χ0) is 26.2. The zero-order valence-corrected chi connectivity index (χ0v) is 20.5. The highest BCUT2D eigenvalue weighted by molar-refractivity contribution is 7.80. The van der Waals surface area contributed by atoms with Crippen LogP contribution in [-0.2, 0) is 34.0 Å². The average Bonchev–Trinajstić information content (AvgIpc) is 3.24. The van der Waals surface area contributed by atoms with Crippen molar-refractivity contribution in [3.05, 3.63) is 101 Å². The molecule has 4 rings (SSSR count). The molecule has 190 valence electrons. The maximum atomic E-state index is 14.1. The Kier molecular flexibility index (Phi) is 8.42. The number of rotatable bonds is 8. The number of hydrogen-bond donors (Lipinski definition) is 2. The summed E-state index contributed by atoms with van der Waals surface area (Å²) in [5.74, 6) is -1.04. The van der Waals surface area contributed by atoms with Crippen LogP contribution in [0.1, 0.15) is 23.1 Å². The molecule has 3 aromatic rings. The third-order valence-electron chi connectivity index (χ3n) is 5.62. The molecule has 2 N–H and O–H groups in total.